The molecule has 1 unspecified atom stereocenters. The molecule has 0 spiro atoms. The number of H-pyrrole nitrogens is 1. The highest BCUT2D eigenvalue weighted by Crippen LogP contribution is 2.20. The quantitative estimate of drug-likeness (QED) is 0.829. The average Bonchev–Trinajstić information content (AvgIpc) is 2.82. The minimum atomic E-state index is -0.368. The lowest BCUT2D eigenvalue weighted by Gasteiger charge is -2.28. The average molecular weight is 247 g/mol. The first-order valence-electron chi connectivity index (χ1n) is 5.98. The Bertz CT molecular complexity index is 459. The van der Waals surface area contributed by atoms with Crippen LogP contribution in [0.15, 0.2) is 24.4 Å². The van der Waals surface area contributed by atoms with Gasteiger partial charge in [-0.15, -0.1) is 10.2 Å². The zero-order valence-electron chi connectivity index (χ0n) is 10.6. The number of rotatable bonds is 6. The molecule has 0 amide bonds. The van der Waals surface area contributed by atoms with Gasteiger partial charge in [-0.2, -0.15) is 5.21 Å². The number of nitrogens with zero attached hydrogens (tertiary/aromatic N) is 4. The van der Waals surface area contributed by atoms with E-state index in [1.165, 1.54) is 0 Å². The molecule has 0 fully saturated rings. The molecule has 96 valence electrons. The van der Waals surface area contributed by atoms with Crippen molar-refractivity contribution in [2.24, 2.45) is 0 Å². The van der Waals surface area contributed by atoms with E-state index in [9.17, 15) is 0 Å². The van der Waals surface area contributed by atoms with Gasteiger partial charge in [0.2, 0.25) is 0 Å². The van der Waals surface area contributed by atoms with Crippen molar-refractivity contribution in [3.05, 3.63) is 35.9 Å². The van der Waals surface area contributed by atoms with Gasteiger partial charge in [0.25, 0.3) is 0 Å². The van der Waals surface area contributed by atoms with Gasteiger partial charge in [-0.1, -0.05) is 11.3 Å². The molecule has 2 aromatic rings. The molecule has 0 radical (unpaired) electrons. The van der Waals surface area contributed by atoms with Crippen LogP contribution in [0.25, 0.3) is 0 Å². The first-order valence-corrected chi connectivity index (χ1v) is 5.98. The number of nitrogens with one attached hydrogen (secondary N) is 1. The van der Waals surface area contributed by atoms with Crippen LogP contribution in [0.5, 0.6) is 0 Å². The summed E-state index contributed by atoms with van der Waals surface area (Å²) < 4.78 is 5.85. The van der Waals surface area contributed by atoms with E-state index in [2.05, 4.69) is 25.6 Å². The Labute approximate surface area is 106 Å². The minimum Gasteiger partial charge on any atom is -0.375 e. The second-order valence-electron chi connectivity index (χ2n) is 4.39. The molecule has 1 N–H and O–H groups in total. The van der Waals surface area contributed by atoms with Gasteiger partial charge in [-0.05, 0) is 26.0 Å². The van der Waals surface area contributed by atoms with Crippen molar-refractivity contribution in [1.29, 1.82) is 0 Å². The van der Waals surface area contributed by atoms with E-state index in [0.29, 0.717) is 18.9 Å². The number of aromatic nitrogens is 5. The third-order valence-corrected chi connectivity index (χ3v) is 2.70. The van der Waals surface area contributed by atoms with Gasteiger partial charge in [-0.3, -0.25) is 4.98 Å². The first kappa shape index (κ1) is 12.6. The van der Waals surface area contributed by atoms with E-state index in [1.54, 1.807) is 6.20 Å². The highest BCUT2D eigenvalue weighted by atomic mass is 16.5. The fraction of sp³-hybridized carbons (Fsp3) is 0.500. The molecule has 6 nitrogen and oxygen atoms in total. The van der Waals surface area contributed by atoms with Crippen molar-refractivity contribution < 1.29 is 4.74 Å². The molecule has 2 heterocycles. The maximum atomic E-state index is 5.85. The second-order valence-corrected chi connectivity index (χ2v) is 4.39. The van der Waals surface area contributed by atoms with E-state index >= 15 is 0 Å². The lowest BCUT2D eigenvalue weighted by Crippen LogP contribution is -2.35. The molecule has 1 atom stereocenters. The van der Waals surface area contributed by atoms with Crippen LogP contribution >= 0.6 is 0 Å². The van der Waals surface area contributed by atoms with Crippen molar-refractivity contribution in [2.75, 3.05) is 6.61 Å². The maximum Gasteiger partial charge on any atom is 0.177 e. The molecule has 6 heteroatoms. The van der Waals surface area contributed by atoms with Gasteiger partial charge in [0.1, 0.15) is 0 Å². The van der Waals surface area contributed by atoms with Gasteiger partial charge in [-0.25, -0.2) is 0 Å². The SMILES string of the molecule is CCOC(C)(Cc1ccccn1)Cc1nn[nH]n1. The van der Waals surface area contributed by atoms with Crippen LogP contribution in [-0.2, 0) is 17.6 Å². The Balaban J connectivity index is 2.11. The van der Waals surface area contributed by atoms with Crippen molar-refractivity contribution in [3.8, 4) is 0 Å². The molecule has 0 bridgehead atoms. The third kappa shape index (κ3) is 3.33. The summed E-state index contributed by atoms with van der Waals surface area (Å²) in [6.07, 6.45) is 3.11. The molecule has 0 saturated carbocycles. The van der Waals surface area contributed by atoms with E-state index in [4.69, 9.17) is 4.74 Å². The Morgan fingerprint density at radius 2 is 2.22 bits per heavy atom. The highest BCUT2D eigenvalue weighted by Gasteiger charge is 2.28. The second kappa shape index (κ2) is 5.68. The number of ether oxygens (including phenoxy) is 1. The van der Waals surface area contributed by atoms with Crippen LogP contribution in [0.4, 0.5) is 0 Å². The topological polar surface area (TPSA) is 76.6 Å². The monoisotopic (exact) mass is 247 g/mol. The predicted molar refractivity (Wildman–Crippen MR) is 65.9 cm³/mol. The van der Waals surface area contributed by atoms with E-state index in [1.807, 2.05) is 32.0 Å². The number of tetrazole rings is 1. The summed E-state index contributed by atoms with van der Waals surface area (Å²) in [7, 11) is 0. The molecular formula is C12H17N5O. The molecule has 2 rings (SSSR count). The number of hydrogen-bond donors (Lipinski definition) is 1. The summed E-state index contributed by atoms with van der Waals surface area (Å²) in [4.78, 5) is 4.33. The normalized spacial score (nSPS) is 14.3. The number of hydrogen-bond acceptors (Lipinski definition) is 5. The van der Waals surface area contributed by atoms with Gasteiger partial charge >= 0.3 is 0 Å². The van der Waals surface area contributed by atoms with Crippen LogP contribution in [0, 0.1) is 0 Å². The Hall–Kier alpha value is -1.82. The van der Waals surface area contributed by atoms with E-state index in [0.717, 1.165) is 12.1 Å². The van der Waals surface area contributed by atoms with Gasteiger partial charge in [0.05, 0.1) is 5.60 Å². The van der Waals surface area contributed by atoms with Gasteiger partial charge in [0, 0.05) is 31.3 Å². The molecular weight excluding hydrogens is 230 g/mol. The fourth-order valence-corrected chi connectivity index (χ4v) is 1.99. The molecule has 0 aromatic carbocycles. The van der Waals surface area contributed by atoms with Crippen LogP contribution in [-0.4, -0.2) is 37.8 Å². The molecule has 0 aliphatic heterocycles. The van der Waals surface area contributed by atoms with Crippen molar-refractivity contribution in [3.63, 3.8) is 0 Å². The summed E-state index contributed by atoms with van der Waals surface area (Å²) >= 11 is 0. The van der Waals surface area contributed by atoms with Crippen LogP contribution < -0.4 is 0 Å². The molecule has 18 heavy (non-hydrogen) atoms. The summed E-state index contributed by atoms with van der Waals surface area (Å²) in [5, 5.41) is 14.0. The smallest absolute Gasteiger partial charge is 0.177 e. The van der Waals surface area contributed by atoms with Crippen molar-refractivity contribution in [2.45, 2.75) is 32.3 Å². The Kier molecular flexibility index (Phi) is 3.99. The van der Waals surface area contributed by atoms with Crippen LogP contribution in [0.3, 0.4) is 0 Å². The van der Waals surface area contributed by atoms with Crippen molar-refractivity contribution in [1.82, 2.24) is 25.6 Å². The van der Waals surface area contributed by atoms with Crippen molar-refractivity contribution >= 4 is 0 Å². The molecule has 0 saturated heterocycles. The van der Waals surface area contributed by atoms with E-state index < -0.39 is 0 Å². The fourth-order valence-electron chi connectivity index (χ4n) is 1.99. The Morgan fingerprint density at radius 1 is 1.33 bits per heavy atom. The summed E-state index contributed by atoms with van der Waals surface area (Å²) in [6, 6.07) is 5.87. The Morgan fingerprint density at radius 3 is 2.83 bits per heavy atom. The summed E-state index contributed by atoms with van der Waals surface area (Å²) in [5.74, 6) is 0.655. The van der Waals surface area contributed by atoms with Gasteiger partial charge in [0.15, 0.2) is 5.82 Å². The highest BCUT2D eigenvalue weighted by molar-refractivity contribution is 5.08. The zero-order chi connectivity index (χ0) is 12.8. The van der Waals surface area contributed by atoms with Crippen LogP contribution in [0.2, 0.25) is 0 Å². The molecule has 0 aliphatic carbocycles. The van der Waals surface area contributed by atoms with Gasteiger partial charge < -0.3 is 4.74 Å². The van der Waals surface area contributed by atoms with E-state index in [-0.39, 0.29) is 5.60 Å². The standard InChI is InChI=1S/C12H17N5O/c1-3-18-12(2,9-11-14-16-17-15-11)8-10-6-4-5-7-13-10/h4-7H,3,8-9H2,1-2H3,(H,14,15,16,17). The number of aromatic amines is 1. The minimum absolute atomic E-state index is 0.368. The lowest BCUT2D eigenvalue weighted by atomic mass is 9.95. The predicted octanol–water partition coefficient (Wildman–Crippen LogP) is 1.18. The first-order chi connectivity index (χ1) is 8.72. The number of pyridine rings is 1. The largest absolute Gasteiger partial charge is 0.375 e. The lowest BCUT2D eigenvalue weighted by molar-refractivity contribution is -0.0260. The molecule has 0 aliphatic rings. The third-order valence-electron chi connectivity index (χ3n) is 2.70. The summed E-state index contributed by atoms with van der Waals surface area (Å²) in [6.45, 7) is 4.66. The molecule has 2 aromatic heterocycles. The van der Waals surface area contributed by atoms with Crippen LogP contribution in [0.1, 0.15) is 25.4 Å². The summed E-state index contributed by atoms with van der Waals surface area (Å²) in [5.41, 5.74) is 0.629. The zero-order valence-corrected chi connectivity index (χ0v) is 10.6. The maximum absolute atomic E-state index is 5.85.